The molecule has 0 amide bonds. The van der Waals surface area contributed by atoms with E-state index < -0.39 is 13.6 Å². The molecule has 8 nitrogen and oxygen atoms in total. The molecule has 0 aliphatic rings. The maximum atomic E-state index is 8.82. The van der Waals surface area contributed by atoms with Gasteiger partial charge in [0.15, 0.2) is 0 Å². The summed E-state index contributed by atoms with van der Waals surface area (Å²) in [5, 5.41) is 13.0. The van der Waals surface area contributed by atoms with Gasteiger partial charge in [0, 0.05) is 0 Å². The van der Waals surface area contributed by atoms with Crippen LogP contribution in [0.4, 0.5) is 0 Å². The van der Waals surface area contributed by atoms with Crippen molar-refractivity contribution in [2.45, 2.75) is 0 Å². The predicted molar refractivity (Wildman–Crippen MR) is 17.8 cm³/mol. The Labute approximate surface area is 52.6 Å². The third-order valence-electron chi connectivity index (χ3n) is 0. The number of hydrogen-bond acceptors (Lipinski definition) is 6. The van der Waals surface area contributed by atoms with Crippen LogP contribution in [-0.4, -0.2) is 18.7 Å². The second kappa shape index (κ2) is 10.8. The Hall–Kier alpha value is -0.108. The molecule has 0 aliphatic carbocycles. The molecule has 0 aromatic carbocycles. The summed E-state index contributed by atoms with van der Waals surface area (Å²) in [5.41, 5.74) is 0. The van der Waals surface area contributed by atoms with Crippen LogP contribution in [0.1, 0.15) is 0 Å². The normalized spacial score (nSPS) is 7.78. The molecule has 0 unspecified atom stereocenters. The first-order chi connectivity index (χ1) is 4.00. The van der Waals surface area contributed by atoms with Crippen LogP contribution in [0.2, 0.25) is 0 Å². The van der Waals surface area contributed by atoms with Crippen molar-refractivity contribution in [2.75, 3.05) is 0 Å². The first-order valence-corrected chi connectivity index (χ1v) is 3.40. The SMILES string of the molecule is NO.NO.[O]=[Cr](=[O])([OH])[OH]. The van der Waals surface area contributed by atoms with Gasteiger partial charge in [-0.3, -0.25) is 0 Å². The molecule has 0 spiro atoms. The summed E-state index contributed by atoms with van der Waals surface area (Å²) in [6.07, 6.45) is 0. The van der Waals surface area contributed by atoms with Crippen LogP contribution in [0.15, 0.2) is 0 Å². The fraction of sp³-hybridized carbons (Fsp3) is 0. The zero-order chi connectivity index (χ0) is 8.50. The van der Waals surface area contributed by atoms with Crippen LogP contribution in [0, 0.1) is 0 Å². The standard InChI is InChI=1S/Cr.2H3NO.2H2O.2O/c;2*1-2;;;;/h;2*2H,1H2;2*1H2;;/q+2;;;;;;/p-2. The van der Waals surface area contributed by atoms with E-state index >= 15 is 0 Å². The predicted octanol–water partition coefficient (Wildman–Crippen LogP) is -2.69. The van der Waals surface area contributed by atoms with Crippen molar-refractivity contribution in [3.63, 3.8) is 0 Å². The molecule has 0 radical (unpaired) electrons. The molecule has 0 aliphatic heterocycles. The molecule has 0 rings (SSSR count). The van der Waals surface area contributed by atoms with E-state index in [1.807, 2.05) is 0 Å². The fourth-order valence-corrected chi connectivity index (χ4v) is 0. The van der Waals surface area contributed by atoms with Gasteiger partial charge in [-0.2, -0.15) is 0 Å². The van der Waals surface area contributed by atoms with Crippen LogP contribution >= 0.6 is 0 Å². The van der Waals surface area contributed by atoms with Crippen molar-refractivity contribution in [2.24, 2.45) is 11.8 Å². The number of rotatable bonds is 0. The average molecular weight is 184 g/mol. The Morgan fingerprint density at radius 1 is 0.889 bits per heavy atom. The van der Waals surface area contributed by atoms with Crippen LogP contribution in [0.5, 0.6) is 0 Å². The van der Waals surface area contributed by atoms with Gasteiger partial charge >= 0.3 is 29.5 Å². The summed E-state index contributed by atoms with van der Waals surface area (Å²) >= 11 is -5.25. The molecule has 9 heavy (non-hydrogen) atoms. The summed E-state index contributed by atoms with van der Waals surface area (Å²) < 4.78 is 31.9. The zero-order valence-corrected chi connectivity index (χ0v) is 5.44. The Kier molecular flexibility index (Phi) is 19.1. The molecule has 0 aromatic heterocycles. The van der Waals surface area contributed by atoms with Crippen molar-refractivity contribution < 1.29 is 40.0 Å². The van der Waals surface area contributed by atoms with Gasteiger partial charge in [-0.15, -0.1) is 0 Å². The van der Waals surface area contributed by atoms with Gasteiger partial charge in [0.25, 0.3) is 0 Å². The van der Waals surface area contributed by atoms with E-state index in [0.717, 1.165) is 0 Å². The second-order valence-electron chi connectivity index (χ2n) is 0.448. The van der Waals surface area contributed by atoms with Gasteiger partial charge in [0.05, 0.1) is 0 Å². The molecular weight excluding hydrogens is 176 g/mol. The van der Waals surface area contributed by atoms with Gasteiger partial charge in [-0.05, 0) is 0 Å². The topological polar surface area (TPSA) is 167 Å². The molecule has 0 bridgehead atoms. The third-order valence-corrected chi connectivity index (χ3v) is 0. The minimum atomic E-state index is -5.25. The molecule has 60 valence electrons. The van der Waals surface area contributed by atoms with Gasteiger partial charge in [-0.25, -0.2) is 11.8 Å². The maximum absolute atomic E-state index is 8.82. The van der Waals surface area contributed by atoms with E-state index in [2.05, 4.69) is 11.8 Å². The van der Waals surface area contributed by atoms with E-state index in [1.54, 1.807) is 0 Å². The van der Waals surface area contributed by atoms with Crippen molar-refractivity contribution in [3.8, 4) is 0 Å². The average Bonchev–Trinajstić information content (AvgIpc) is 1.72. The van der Waals surface area contributed by atoms with Crippen molar-refractivity contribution >= 4 is 0 Å². The molecular formula is H8CrN2O6. The molecule has 0 saturated carbocycles. The fourth-order valence-electron chi connectivity index (χ4n) is 0. The van der Waals surface area contributed by atoms with Gasteiger partial charge in [0.2, 0.25) is 0 Å². The first kappa shape index (κ1) is 16.0. The summed E-state index contributed by atoms with van der Waals surface area (Å²) in [6.45, 7) is 0. The van der Waals surface area contributed by atoms with Crippen LogP contribution in [0.3, 0.4) is 0 Å². The van der Waals surface area contributed by atoms with E-state index in [1.165, 1.54) is 0 Å². The van der Waals surface area contributed by atoms with Crippen molar-refractivity contribution in [1.29, 1.82) is 0 Å². The molecule has 8 N–H and O–H groups in total. The molecule has 9 heteroatoms. The van der Waals surface area contributed by atoms with Crippen LogP contribution in [0.25, 0.3) is 0 Å². The Morgan fingerprint density at radius 2 is 0.889 bits per heavy atom. The number of hydrogen-bond donors (Lipinski definition) is 6. The third kappa shape index (κ3) is 23700. The summed E-state index contributed by atoms with van der Waals surface area (Å²) in [7, 11) is 0. The molecule has 0 aromatic rings. The Bertz CT molecular complexity index is 94.2. The molecule has 0 atom stereocenters. The zero-order valence-electron chi connectivity index (χ0n) is 4.17. The monoisotopic (exact) mass is 184 g/mol. The van der Waals surface area contributed by atoms with Gasteiger partial charge in [0.1, 0.15) is 0 Å². The molecule has 0 fully saturated rings. The Balaban J connectivity index is -0.0000000771. The van der Waals surface area contributed by atoms with E-state index in [9.17, 15) is 0 Å². The molecule has 0 heterocycles. The van der Waals surface area contributed by atoms with E-state index in [4.69, 9.17) is 26.3 Å². The van der Waals surface area contributed by atoms with Crippen molar-refractivity contribution in [1.82, 2.24) is 0 Å². The van der Waals surface area contributed by atoms with E-state index in [-0.39, 0.29) is 0 Å². The summed E-state index contributed by atoms with van der Waals surface area (Å²) in [6, 6.07) is 0. The first-order valence-electron chi connectivity index (χ1n) is 1.21. The minimum absolute atomic E-state index is 3.50. The Morgan fingerprint density at radius 3 is 0.889 bits per heavy atom. The van der Waals surface area contributed by atoms with Crippen LogP contribution < -0.4 is 11.8 Å². The quantitative estimate of drug-likeness (QED) is 0.221. The van der Waals surface area contributed by atoms with Gasteiger partial charge < -0.3 is 10.4 Å². The van der Waals surface area contributed by atoms with E-state index in [0.29, 0.717) is 0 Å². The molecule has 0 saturated heterocycles. The van der Waals surface area contributed by atoms with Crippen LogP contribution in [-0.2, 0) is 21.2 Å². The second-order valence-corrected chi connectivity index (χ2v) is 1.85. The summed E-state index contributed by atoms with van der Waals surface area (Å²) in [4.78, 5) is 0. The number of nitrogens with two attached hydrogens (primary N) is 2. The summed E-state index contributed by atoms with van der Waals surface area (Å²) in [5.74, 6) is 7.00. The van der Waals surface area contributed by atoms with Crippen molar-refractivity contribution in [3.05, 3.63) is 0 Å². The van der Waals surface area contributed by atoms with Gasteiger partial charge in [-0.1, -0.05) is 0 Å².